The van der Waals surface area contributed by atoms with Gasteiger partial charge < -0.3 is 19.5 Å². The van der Waals surface area contributed by atoms with Gasteiger partial charge in [0.1, 0.15) is 11.5 Å². The van der Waals surface area contributed by atoms with Crippen molar-refractivity contribution >= 4 is 0 Å². The summed E-state index contributed by atoms with van der Waals surface area (Å²) in [5.74, 6) is 1.72. The van der Waals surface area contributed by atoms with Crippen LogP contribution >= 0.6 is 0 Å². The van der Waals surface area contributed by atoms with Crippen LogP contribution < -0.4 is 14.8 Å². The molecular formula is C24H30N4O3. The van der Waals surface area contributed by atoms with E-state index >= 15 is 0 Å². The SMILES string of the molecule is COc1ccc(-c2[nH]ncc2CNCC(c2ccc(OC)cc2)N2CCOCC2)cc1. The van der Waals surface area contributed by atoms with Crippen LogP contribution in [0.4, 0.5) is 0 Å². The largest absolute Gasteiger partial charge is 0.497 e. The Bertz CT molecular complexity index is 934. The van der Waals surface area contributed by atoms with E-state index < -0.39 is 0 Å². The summed E-state index contributed by atoms with van der Waals surface area (Å²) in [4.78, 5) is 2.48. The molecule has 1 fully saturated rings. The number of ether oxygens (including phenoxy) is 3. The van der Waals surface area contributed by atoms with Crippen LogP contribution in [0.15, 0.2) is 54.7 Å². The molecule has 1 aliphatic rings. The molecule has 0 spiro atoms. The minimum Gasteiger partial charge on any atom is -0.497 e. The Kier molecular flexibility index (Phi) is 7.19. The van der Waals surface area contributed by atoms with Crippen molar-refractivity contribution in [2.24, 2.45) is 0 Å². The minimum atomic E-state index is 0.270. The van der Waals surface area contributed by atoms with Crippen molar-refractivity contribution in [2.75, 3.05) is 47.1 Å². The maximum Gasteiger partial charge on any atom is 0.118 e. The lowest BCUT2D eigenvalue weighted by Gasteiger charge is -2.35. The molecule has 0 aliphatic carbocycles. The third-order valence-electron chi connectivity index (χ3n) is 5.74. The first kappa shape index (κ1) is 21.4. The van der Waals surface area contributed by atoms with Crippen LogP contribution in [0.1, 0.15) is 17.2 Å². The second-order valence-electron chi connectivity index (χ2n) is 7.57. The van der Waals surface area contributed by atoms with Gasteiger partial charge in [-0.3, -0.25) is 10.00 Å². The van der Waals surface area contributed by atoms with E-state index in [1.54, 1.807) is 14.2 Å². The topological polar surface area (TPSA) is 71.6 Å². The van der Waals surface area contributed by atoms with Crippen molar-refractivity contribution < 1.29 is 14.2 Å². The molecular weight excluding hydrogens is 392 g/mol. The number of morpholine rings is 1. The summed E-state index contributed by atoms with van der Waals surface area (Å²) in [6, 6.07) is 16.7. The van der Waals surface area contributed by atoms with Crippen molar-refractivity contribution in [3.05, 3.63) is 65.9 Å². The van der Waals surface area contributed by atoms with Gasteiger partial charge in [-0.15, -0.1) is 0 Å². The normalized spacial score (nSPS) is 15.5. The van der Waals surface area contributed by atoms with E-state index in [2.05, 4.69) is 32.5 Å². The molecule has 1 aromatic heterocycles. The summed E-state index contributed by atoms with van der Waals surface area (Å²) in [6.07, 6.45) is 1.89. The molecule has 0 bridgehead atoms. The van der Waals surface area contributed by atoms with Gasteiger partial charge in [0.2, 0.25) is 0 Å². The standard InChI is InChI=1S/C24H30N4O3/c1-29-21-7-3-18(4-8-21)23(28-11-13-31-14-12-28)17-25-15-20-16-26-27-24(20)19-5-9-22(30-2)10-6-19/h3-10,16,23,25H,11-15,17H2,1-2H3,(H,26,27). The number of hydrogen-bond acceptors (Lipinski definition) is 6. The number of methoxy groups -OCH3 is 2. The molecule has 2 heterocycles. The van der Waals surface area contributed by atoms with Gasteiger partial charge in [-0.25, -0.2) is 0 Å². The maximum atomic E-state index is 5.56. The van der Waals surface area contributed by atoms with E-state index in [0.717, 1.165) is 67.7 Å². The number of hydrogen-bond donors (Lipinski definition) is 2. The highest BCUT2D eigenvalue weighted by molar-refractivity contribution is 5.63. The van der Waals surface area contributed by atoms with Crippen molar-refractivity contribution in [3.63, 3.8) is 0 Å². The number of nitrogens with zero attached hydrogens (tertiary/aromatic N) is 2. The summed E-state index contributed by atoms with van der Waals surface area (Å²) < 4.78 is 16.2. The summed E-state index contributed by atoms with van der Waals surface area (Å²) >= 11 is 0. The smallest absolute Gasteiger partial charge is 0.118 e. The van der Waals surface area contributed by atoms with Gasteiger partial charge in [-0.1, -0.05) is 12.1 Å². The van der Waals surface area contributed by atoms with E-state index in [4.69, 9.17) is 14.2 Å². The first-order valence-corrected chi connectivity index (χ1v) is 10.6. The van der Waals surface area contributed by atoms with Crippen molar-refractivity contribution in [2.45, 2.75) is 12.6 Å². The number of aromatic nitrogens is 2. The minimum absolute atomic E-state index is 0.270. The summed E-state index contributed by atoms with van der Waals surface area (Å²) in [6.45, 7) is 4.97. The van der Waals surface area contributed by atoms with E-state index in [1.807, 2.05) is 42.6 Å². The predicted octanol–water partition coefficient (Wildman–Crippen LogP) is 3.26. The molecule has 0 amide bonds. The van der Waals surface area contributed by atoms with Crippen LogP contribution in [0.25, 0.3) is 11.3 Å². The molecule has 7 nitrogen and oxygen atoms in total. The Morgan fingerprint density at radius 3 is 2.29 bits per heavy atom. The first-order chi connectivity index (χ1) is 15.3. The van der Waals surface area contributed by atoms with E-state index in [9.17, 15) is 0 Å². The third-order valence-corrected chi connectivity index (χ3v) is 5.74. The van der Waals surface area contributed by atoms with Crippen molar-refractivity contribution in [3.8, 4) is 22.8 Å². The van der Waals surface area contributed by atoms with Crippen molar-refractivity contribution in [1.29, 1.82) is 0 Å². The Balaban J connectivity index is 1.44. The monoisotopic (exact) mass is 422 g/mol. The van der Waals surface area contributed by atoms with Crippen molar-refractivity contribution in [1.82, 2.24) is 20.4 Å². The number of rotatable bonds is 9. The van der Waals surface area contributed by atoms with Gasteiger partial charge in [0.25, 0.3) is 0 Å². The Hall–Kier alpha value is -2.87. The molecule has 0 saturated carbocycles. The van der Waals surface area contributed by atoms with Crippen LogP contribution in [-0.2, 0) is 11.3 Å². The molecule has 2 N–H and O–H groups in total. The zero-order valence-electron chi connectivity index (χ0n) is 18.1. The third kappa shape index (κ3) is 5.25. The van der Waals surface area contributed by atoms with E-state index in [1.165, 1.54) is 5.56 Å². The second-order valence-corrected chi connectivity index (χ2v) is 7.57. The molecule has 0 radical (unpaired) electrons. The molecule has 4 rings (SSSR count). The summed E-state index contributed by atoms with van der Waals surface area (Å²) in [7, 11) is 3.37. The Morgan fingerprint density at radius 1 is 1.00 bits per heavy atom. The fourth-order valence-corrected chi connectivity index (χ4v) is 3.97. The summed E-state index contributed by atoms with van der Waals surface area (Å²) in [5, 5.41) is 11.0. The molecule has 7 heteroatoms. The summed E-state index contributed by atoms with van der Waals surface area (Å²) in [5.41, 5.74) is 4.54. The van der Waals surface area contributed by atoms with E-state index in [-0.39, 0.29) is 6.04 Å². The second kappa shape index (κ2) is 10.4. The van der Waals surface area contributed by atoms with Gasteiger partial charge in [0, 0.05) is 43.3 Å². The Morgan fingerprint density at radius 2 is 1.65 bits per heavy atom. The molecule has 31 heavy (non-hydrogen) atoms. The van der Waals surface area contributed by atoms with Crippen LogP contribution in [-0.4, -0.2) is 62.2 Å². The molecule has 1 aliphatic heterocycles. The lowest BCUT2D eigenvalue weighted by molar-refractivity contribution is 0.0161. The number of aromatic amines is 1. The number of nitrogens with one attached hydrogen (secondary N) is 2. The molecule has 2 aromatic carbocycles. The fraction of sp³-hybridized carbons (Fsp3) is 0.375. The zero-order valence-corrected chi connectivity index (χ0v) is 18.1. The zero-order chi connectivity index (χ0) is 21.5. The molecule has 1 unspecified atom stereocenters. The maximum absolute atomic E-state index is 5.56. The fourth-order valence-electron chi connectivity index (χ4n) is 3.97. The van der Waals surface area contributed by atoms with Gasteiger partial charge in [0.15, 0.2) is 0 Å². The Labute approximate surface area is 183 Å². The van der Waals surface area contributed by atoms with Gasteiger partial charge >= 0.3 is 0 Å². The van der Waals surface area contributed by atoms with E-state index in [0.29, 0.717) is 0 Å². The number of benzene rings is 2. The lowest BCUT2D eigenvalue weighted by Crippen LogP contribution is -2.42. The van der Waals surface area contributed by atoms with Gasteiger partial charge in [-0.05, 0) is 42.0 Å². The molecule has 1 saturated heterocycles. The van der Waals surface area contributed by atoms with Crippen LogP contribution in [0.5, 0.6) is 11.5 Å². The van der Waals surface area contributed by atoms with Crippen LogP contribution in [0.2, 0.25) is 0 Å². The predicted molar refractivity (Wildman–Crippen MR) is 120 cm³/mol. The average Bonchev–Trinajstić information content (AvgIpc) is 3.31. The highest BCUT2D eigenvalue weighted by atomic mass is 16.5. The molecule has 1 atom stereocenters. The molecule has 164 valence electrons. The van der Waals surface area contributed by atoms with Crippen LogP contribution in [0, 0.1) is 0 Å². The molecule has 3 aromatic rings. The first-order valence-electron chi connectivity index (χ1n) is 10.6. The lowest BCUT2D eigenvalue weighted by atomic mass is 10.0. The van der Waals surface area contributed by atoms with Crippen LogP contribution in [0.3, 0.4) is 0 Å². The quantitative estimate of drug-likeness (QED) is 0.552. The highest BCUT2D eigenvalue weighted by Gasteiger charge is 2.22. The highest BCUT2D eigenvalue weighted by Crippen LogP contribution is 2.26. The van der Waals surface area contributed by atoms with Gasteiger partial charge in [-0.2, -0.15) is 5.10 Å². The number of H-pyrrole nitrogens is 1. The average molecular weight is 423 g/mol. The van der Waals surface area contributed by atoms with Gasteiger partial charge in [0.05, 0.1) is 39.3 Å².